The lowest BCUT2D eigenvalue weighted by Gasteiger charge is -2.08. The van der Waals surface area contributed by atoms with E-state index in [1.165, 1.54) is 6.07 Å². The third kappa shape index (κ3) is 2.37. The molecule has 0 aliphatic carbocycles. The molecular weight excluding hydrogens is 229 g/mol. The van der Waals surface area contributed by atoms with Crippen LogP contribution in [0.3, 0.4) is 0 Å². The second-order valence-corrected chi connectivity index (χ2v) is 4.99. The van der Waals surface area contributed by atoms with E-state index in [1.807, 2.05) is 10.6 Å². The molecule has 0 fully saturated rings. The lowest BCUT2D eigenvalue weighted by molar-refractivity contribution is 0.527. The fraction of sp³-hybridized carbons (Fsp3) is 0.357. The van der Waals surface area contributed by atoms with Crippen LogP contribution in [0.1, 0.15) is 19.4 Å². The first kappa shape index (κ1) is 12.6. The summed E-state index contributed by atoms with van der Waals surface area (Å²) in [6.45, 7) is 6.78. The van der Waals surface area contributed by atoms with Crippen LogP contribution in [-0.2, 0) is 6.54 Å². The first-order valence-corrected chi connectivity index (χ1v) is 6.06. The number of hydrogen-bond acceptors (Lipinski definition) is 2. The Hall–Kier alpha value is -1.84. The molecule has 2 rings (SSSR count). The lowest BCUT2D eigenvalue weighted by atomic mass is 10.1. The Bertz CT molecular complexity index is 558. The first-order valence-electron chi connectivity index (χ1n) is 6.06. The van der Waals surface area contributed by atoms with Crippen molar-refractivity contribution in [2.45, 2.75) is 27.3 Å². The van der Waals surface area contributed by atoms with Crippen LogP contribution in [0.15, 0.2) is 24.5 Å². The molecule has 96 valence electrons. The number of nitrogen functional groups attached to an aromatic ring is 1. The van der Waals surface area contributed by atoms with Crippen LogP contribution in [0.25, 0.3) is 11.3 Å². The summed E-state index contributed by atoms with van der Waals surface area (Å²) in [6.07, 6.45) is 1.71. The van der Waals surface area contributed by atoms with Gasteiger partial charge in [0, 0.05) is 12.1 Å². The standard InChI is InChI=1S/C14H18FN3/c1-9(2)7-18-8-17-13(14(18)16)11-5-4-10(3)12(15)6-11/h4-6,8-9H,7,16H2,1-3H3. The van der Waals surface area contributed by atoms with Crippen molar-refractivity contribution in [2.24, 2.45) is 5.92 Å². The minimum Gasteiger partial charge on any atom is -0.383 e. The van der Waals surface area contributed by atoms with Crippen LogP contribution < -0.4 is 5.73 Å². The van der Waals surface area contributed by atoms with Gasteiger partial charge in [-0.2, -0.15) is 0 Å². The van der Waals surface area contributed by atoms with Gasteiger partial charge in [-0.1, -0.05) is 26.0 Å². The Morgan fingerprint density at radius 2 is 2.11 bits per heavy atom. The van der Waals surface area contributed by atoms with Gasteiger partial charge >= 0.3 is 0 Å². The summed E-state index contributed by atoms with van der Waals surface area (Å²) in [6, 6.07) is 5.07. The summed E-state index contributed by atoms with van der Waals surface area (Å²) in [7, 11) is 0. The molecule has 1 aromatic carbocycles. The highest BCUT2D eigenvalue weighted by Gasteiger charge is 2.11. The van der Waals surface area contributed by atoms with Crippen LogP contribution >= 0.6 is 0 Å². The van der Waals surface area contributed by atoms with E-state index in [9.17, 15) is 4.39 Å². The SMILES string of the molecule is Cc1ccc(-c2ncn(CC(C)C)c2N)cc1F. The third-order valence-corrected chi connectivity index (χ3v) is 2.89. The van der Waals surface area contributed by atoms with Crippen LogP contribution in [-0.4, -0.2) is 9.55 Å². The van der Waals surface area contributed by atoms with Gasteiger partial charge in [0.15, 0.2) is 0 Å². The molecule has 0 unspecified atom stereocenters. The minimum absolute atomic E-state index is 0.231. The van der Waals surface area contributed by atoms with Gasteiger partial charge in [0.2, 0.25) is 0 Å². The van der Waals surface area contributed by atoms with Crippen molar-refractivity contribution < 1.29 is 4.39 Å². The molecule has 0 saturated heterocycles. The molecule has 0 atom stereocenters. The van der Waals surface area contributed by atoms with Crippen LogP contribution in [0.4, 0.5) is 10.2 Å². The Kier molecular flexibility index (Phi) is 3.36. The van der Waals surface area contributed by atoms with E-state index in [2.05, 4.69) is 18.8 Å². The predicted molar refractivity (Wildman–Crippen MR) is 71.6 cm³/mol. The van der Waals surface area contributed by atoms with Crippen molar-refractivity contribution in [2.75, 3.05) is 5.73 Å². The van der Waals surface area contributed by atoms with E-state index in [0.29, 0.717) is 23.0 Å². The van der Waals surface area contributed by atoms with Crippen molar-refractivity contribution in [1.82, 2.24) is 9.55 Å². The minimum atomic E-state index is -0.231. The van der Waals surface area contributed by atoms with Crippen LogP contribution in [0.5, 0.6) is 0 Å². The zero-order valence-electron chi connectivity index (χ0n) is 10.9. The van der Waals surface area contributed by atoms with E-state index in [4.69, 9.17) is 5.73 Å². The number of benzene rings is 1. The fourth-order valence-corrected chi connectivity index (χ4v) is 1.89. The maximum Gasteiger partial charge on any atom is 0.131 e. The van der Waals surface area contributed by atoms with Crippen LogP contribution in [0, 0.1) is 18.7 Å². The average molecular weight is 247 g/mol. The molecule has 1 heterocycles. The quantitative estimate of drug-likeness (QED) is 0.904. The van der Waals surface area contributed by atoms with E-state index < -0.39 is 0 Å². The Labute approximate surface area is 106 Å². The summed E-state index contributed by atoms with van der Waals surface area (Å²) in [5, 5.41) is 0. The number of nitrogens with zero attached hydrogens (tertiary/aromatic N) is 2. The average Bonchev–Trinajstić information content (AvgIpc) is 2.64. The fourth-order valence-electron chi connectivity index (χ4n) is 1.89. The van der Waals surface area contributed by atoms with Gasteiger partial charge in [-0.05, 0) is 24.5 Å². The third-order valence-electron chi connectivity index (χ3n) is 2.89. The lowest BCUT2D eigenvalue weighted by Crippen LogP contribution is -2.06. The summed E-state index contributed by atoms with van der Waals surface area (Å²) in [5.74, 6) is 0.848. The largest absolute Gasteiger partial charge is 0.383 e. The Morgan fingerprint density at radius 3 is 2.72 bits per heavy atom. The number of rotatable bonds is 3. The van der Waals surface area contributed by atoms with Gasteiger partial charge in [0.05, 0.1) is 6.33 Å². The molecule has 4 heteroatoms. The first-order chi connectivity index (χ1) is 8.49. The smallest absolute Gasteiger partial charge is 0.131 e. The van der Waals surface area contributed by atoms with E-state index in [0.717, 1.165) is 12.1 Å². The van der Waals surface area contributed by atoms with Crippen molar-refractivity contribution in [3.63, 3.8) is 0 Å². The summed E-state index contributed by atoms with van der Waals surface area (Å²) < 4.78 is 15.4. The number of imidazole rings is 1. The molecule has 0 saturated carbocycles. The molecule has 2 aromatic rings. The van der Waals surface area contributed by atoms with Gasteiger partial charge in [-0.15, -0.1) is 0 Å². The van der Waals surface area contributed by atoms with Gasteiger partial charge in [0.1, 0.15) is 17.3 Å². The number of anilines is 1. The molecule has 1 aromatic heterocycles. The topological polar surface area (TPSA) is 43.8 Å². The highest BCUT2D eigenvalue weighted by atomic mass is 19.1. The molecule has 2 N–H and O–H groups in total. The highest BCUT2D eigenvalue weighted by Crippen LogP contribution is 2.26. The number of aromatic nitrogens is 2. The number of aryl methyl sites for hydroxylation is 1. The van der Waals surface area contributed by atoms with Crippen molar-refractivity contribution in [1.29, 1.82) is 0 Å². The Morgan fingerprint density at radius 1 is 1.39 bits per heavy atom. The number of halogens is 1. The summed E-state index contributed by atoms with van der Waals surface area (Å²) in [4.78, 5) is 4.28. The zero-order valence-corrected chi connectivity index (χ0v) is 10.9. The number of hydrogen-bond donors (Lipinski definition) is 1. The van der Waals surface area contributed by atoms with Gasteiger partial charge in [-0.3, -0.25) is 0 Å². The molecule has 3 nitrogen and oxygen atoms in total. The second kappa shape index (κ2) is 4.80. The highest BCUT2D eigenvalue weighted by molar-refractivity contribution is 5.70. The van der Waals surface area contributed by atoms with Crippen molar-refractivity contribution >= 4 is 5.82 Å². The Balaban J connectivity index is 2.39. The molecule has 0 amide bonds. The molecule has 18 heavy (non-hydrogen) atoms. The normalized spacial score (nSPS) is 11.2. The van der Waals surface area contributed by atoms with E-state index in [1.54, 1.807) is 19.3 Å². The van der Waals surface area contributed by atoms with Gasteiger partial charge in [0.25, 0.3) is 0 Å². The maximum absolute atomic E-state index is 13.5. The van der Waals surface area contributed by atoms with E-state index in [-0.39, 0.29) is 5.82 Å². The van der Waals surface area contributed by atoms with E-state index >= 15 is 0 Å². The summed E-state index contributed by atoms with van der Waals surface area (Å²) in [5.41, 5.74) is 8.04. The zero-order chi connectivity index (χ0) is 13.3. The van der Waals surface area contributed by atoms with Crippen molar-refractivity contribution in [3.05, 3.63) is 35.9 Å². The summed E-state index contributed by atoms with van der Waals surface area (Å²) >= 11 is 0. The number of nitrogens with two attached hydrogens (primary N) is 1. The van der Waals surface area contributed by atoms with Crippen molar-refractivity contribution in [3.8, 4) is 11.3 Å². The monoisotopic (exact) mass is 247 g/mol. The molecule has 0 aliphatic heterocycles. The molecule has 0 aliphatic rings. The van der Waals surface area contributed by atoms with Gasteiger partial charge < -0.3 is 10.3 Å². The molecule has 0 radical (unpaired) electrons. The molecule has 0 spiro atoms. The predicted octanol–water partition coefficient (Wildman–Crippen LogP) is 3.24. The second-order valence-electron chi connectivity index (χ2n) is 4.99. The maximum atomic E-state index is 13.5. The van der Waals surface area contributed by atoms with Gasteiger partial charge in [-0.25, -0.2) is 9.37 Å². The van der Waals surface area contributed by atoms with Crippen LogP contribution in [0.2, 0.25) is 0 Å². The molecule has 0 bridgehead atoms. The molecular formula is C14H18FN3.